The summed E-state index contributed by atoms with van der Waals surface area (Å²) in [5, 5.41) is 13.2. The zero-order chi connectivity index (χ0) is 16.6. The van der Waals surface area contributed by atoms with E-state index in [2.05, 4.69) is 14.8 Å². The van der Waals surface area contributed by atoms with Crippen molar-refractivity contribution in [1.29, 1.82) is 5.26 Å². The van der Waals surface area contributed by atoms with Gasteiger partial charge in [-0.1, -0.05) is 12.1 Å². The first-order valence-corrected chi connectivity index (χ1v) is 7.86. The molecule has 0 bridgehead atoms. The first kappa shape index (κ1) is 14.9. The van der Waals surface area contributed by atoms with Crippen molar-refractivity contribution in [2.45, 2.75) is 11.7 Å². The molecule has 10 heteroatoms. The number of aromatic amines is 1. The van der Waals surface area contributed by atoms with Crippen LogP contribution in [0.15, 0.2) is 35.5 Å². The fourth-order valence-corrected chi connectivity index (χ4v) is 3.35. The van der Waals surface area contributed by atoms with E-state index in [0.29, 0.717) is 16.5 Å². The Hall–Kier alpha value is -3.06. The van der Waals surface area contributed by atoms with E-state index in [9.17, 15) is 12.8 Å². The van der Waals surface area contributed by atoms with Crippen LogP contribution in [-0.4, -0.2) is 23.2 Å². The smallest absolute Gasteiger partial charge is 0.267 e. The molecule has 0 atom stereocenters. The lowest BCUT2D eigenvalue weighted by atomic mass is 10.2. The molecule has 0 fully saturated rings. The molecule has 0 amide bonds. The number of nitrogens with two attached hydrogens (primary N) is 1. The van der Waals surface area contributed by atoms with Gasteiger partial charge in [-0.3, -0.25) is 4.72 Å². The van der Waals surface area contributed by atoms with Crippen LogP contribution in [0.25, 0.3) is 10.9 Å². The number of alkyl halides is 1. The maximum atomic E-state index is 12.6. The molecule has 3 rings (SSSR count). The van der Waals surface area contributed by atoms with Gasteiger partial charge in [-0.25, -0.2) is 17.5 Å². The Labute approximate surface area is 130 Å². The number of nitrogens with one attached hydrogen (secondary N) is 2. The molecule has 0 unspecified atom stereocenters. The molecule has 1 aromatic carbocycles. The van der Waals surface area contributed by atoms with Crippen LogP contribution in [0, 0.1) is 11.3 Å². The van der Waals surface area contributed by atoms with E-state index >= 15 is 0 Å². The SMILES string of the molecule is N#Cc1c[nH]c2c(NS(=O)(=O)c3cnn(CF)c3N)cccc12. The van der Waals surface area contributed by atoms with Gasteiger partial charge in [0.1, 0.15) is 16.8 Å². The van der Waals surface area contributed by atoms with Crippen molar-refractivity contribution in [3.63, 3.8) is 0 Å². The molecule has 0 radical (unpaired) electrons. The maximum absolute atomic E-state index is 12.6. The zero-order valence-electron chi connectivity index (χ0n) is 11.6. The third-order valence-electron chi connectivity index (χ3n) is 3.33. The number of rotatable bonds is 4. The molecular weight excluding hydrogens is 323 g/mol. The highest BCUT2D eigenvalue weighted by molar-refractivity contribution is 7.92. The summed E-state index contributed by atoms with van der Waals surface area (Å²) in [7, 11) is -4.05. The quantitative estimate of drug-likeness (QED) is 0.666. The fraction of sp³-hybridized carbons (Fsp3) is 0.0769. The molecule has 3 aromatic rings. The lowest BCUT2D eigenvalue weighted by Gasteiger charge is -2.08. The average Bonchev–Trinajstić information content (AvgIpc) is 3.10. The summed E-state index contributed by atoms with van der Waals surface area (Å²) in [4.78, 5) is 2.53. The van der Waals surface area contributed by atoms with Crippen LogP contribution in [0.4, 0.5) is 15.9 Å². The normalized spacial score (nSPS) is 11.5. The van der Waals surface area contributed by atoms with E-state index in [4.69, 9.17) is 11.0 Å². The summed E-state index contributed by atoms with van der Waals surface area (Å²) in [6.07, 6.45) is 2.46. The third-order valence-corrected chi connectivity index (χ3v) is 4.71. The molecule has 0 spiro atoms. The minimum absolute atomic E-state index is 0.247. The summed E-state index contributed by atoms with van der Waals surface area (Å²) >= 11 is 0. The van der Waals surface area contributed by atoms with Gasteiger partial charge in [0, 0.05) is 11.6 Å². The maximum Gasteiger partial charge on any atom is 0.267 e. The van der Waals surface area contributed by atoms with E-state index in [0.717, 1.165) is 10.9 Å². The van der Waals surface area contributed by atoms with Crippen molar-refractivity contribution in [3.05, 3.63) is 36.2 Å². The van der Waals surface area contributed by atoms with Gasteiger partial charge in [0.05, 0.1) is 23.0 Å². The number of sulfonamides is 1. The number of anilines is 2. The predicted octanol–water partition coefficient (Wildman–Crippen LogP) is 1.55. The molecule has 0 saturated carbocycles. The number of nitrogen functional groups attached to an aromatic ring is 1. The third kappa shape index (κ3) is 2.36. The van der Waals surface area contributed by atoms with E-state index in [1.807, 2.05) is 6.07 Å². The second-order valence-corrected chi connectivity index (χ2v) is 6.31. The fourth-order valence-electron chi connectivity index (χ4n) is 2.21. The Balaban J connectivity index is 2.06. The van der Waals surface area contributed by atoms with Gasteiger partial charge in [-0.05, 0) is 6.07 Å². The number of nitrogens with zero attached hydrogens (tertiary/aromatic N) is 3. The topological polar surface area (TPSA) is 130 Å². The van der Waals surface area contributed by atoms with Crippen LogP contribution in [-0.2, 0) is 16.8 Å². The molecule has 0 saturated heterocycles. The van der Waals surface area contributed by atoms with E-state index in [-0.39, 0.29) is 16.4 Å². The Morgan fingerprint density at radius 1 is 1.48 bits per heavy atom. The molecule has 0 aliphatic carbocycles. The first-order chi connectivity index (χ1) is 11.0. The number of halogens is 1. The average molecular weight is 334 g/mol. The number of H-pyrrole nitrogens is 1. The van der Waals surface area contributed by atoms with Crippen LogP contribution in [0.2, 0.25) is 0 Å². The Morgan fingerprint density at radius 3 is 2.91 bits per heavy atom. The molecule has 2 heterocycles. The highest BCUT2D eigenvalue weighted by Crippen LogP contribution is 2.28. The molecular formula is C13H11FN6O2S. The van der Waals surface area contributed by atoms with E-state index in [1.165, 1.54) is 12.3 Å². The second kappa shape index (κ2) is 5.29. The van der Waals surface area contributed by atoms with Gasteiger partial charge < -0.3 is 10.7 Å². The first-order valence-electron chi connectivity index (χ1n) is 6.38. The van der Waals surface area contributed by atoms with Crippen LogP contribution in [0.1, 0.15) is 5.56 Å². The van der Waals surface area contributed by atoms with Gasteiger partial charge >= 0.3 is 0 Å². The zero-order valence-corrected chi connectivity index (χ0v) is 12.4. The largest absolute Gasteiger partial charge is 0.383 e. The van der Waals surface area contributed by atoms with Crippen molar-refractivity contribution in [3.8, 4) is 6.07 Å². The lowest BCUT2D eigenvalue weighted by Crippen LogP contribution is -2.15. The van der Waals surface area contributed by atoms with Crippen molar-refractivity contribution in [2.75, 3.05) is 10.5 Å². The molecule has 23 heavy (non-hydrogen) atoms. The Morgan fingerprint density at radius 2 is 2.26 bits per heavy atom. The molecule has 0 aliphatic rings. The Bertz CT molecular complexity index is 1030. The number of hydrogen-bond donors (Lipinski definition) is 3. The Kier molecular flexibility index (Phi) is 3.42. The highest BCUT2D eigenvalue weighted by Gasteiger charge is 2.23. The van der Waals surface area contributed by atoms with Gasteiger partial charge in [-0.2, -0.15) is 10.4 Å². The molecule has 118 valence electrons. The van der Waals surface area contributed by atoms with Crippen LogP contribution >= 0.6 is 0 Å². The summed E-state index contributed by atoms with van der Waals surface area (Å²) in [6.45, 7) is -1.03. The summed E-state index contributed by atoms with van der Waals surface area (Å²) in [6, 6.07) is 6.85. The van der Waals surface area contributed by atoms with Gasteiger partial charge in [0.2, 0.25) is 0 Å². The monoisotopic (exact) mass is 334 g/mol. The summed E-state index contributed by atoms with van der Waals surface area (Å²) in [5.41, 5.74) is 6.69. The second-order valence-electron chi connectivity index (χ2n) is 4.66. The van der Waals surface area contributed by atoms with E-state index in [1.54, 1.807) is 12.1 Å². The van der Waals surface area contributed by atoms with Crippen molar-refractivity contribution in [2.24, 2.45) is 0 Å². The highest BCUT2D eigenvalue weighted by atomic mass is 32.2. The number of nitriles is 1. The number of fused-ring (bicyclic) bond motifs is 1. The van der Waals surface area contributed by atoms with Crippen LogP contribution in [0.3, 0.4) is 0 Å². The number of aromatic nitrogens is 3. The molecule has 4 N–H and O–H groups in total. The number of hydrogen-bond acceptors (Lipinski definition) is 5. The van der Waals surface area contributed by atoms with Gasteiger partial charge in [-0.15, -0.1) is 0 Å². The van der Waals surface area contributed by atoms with E-state index < -0.39 is 16.8 Å². The van der Waals surface area contributed by atoms with Crippen LogP contribution in [0.5, 0.6) is 0 Å². The number of benzene rings is 1. The van der Waals surface area contributed by atoms with Crippen LogP contribution < -0.4 is 10.5 Å². The minimum atomic E-state index is -4.05. The summed E-state index contributed by atoms with van der Waals surface area (Å²) in [5.74, 6) is -0.295. The van der Waals surface area contributed by atoms with Crippen molar-refractivity contribution < 1.29 is 12.8 Å². The standard InChI is InChI=1S/C13H11FN6O2S/c14-7-20-13(16)11(6-18-20)23(21,22)19-10-3-1-2-9-8(4-15)5-17-12(9)10/h1-3,5-6,17,19H,7,16H2. The number of para-hydroxylation sites is 1. The van der Waals surface area contributed by atoms with Crippen molar-refractivity contribution >= 4 is 32.4 Å². The minimum Gasteiger partial charge on any atom is -0.383 e. The van der Waals surface area contributed by atoms with Gasteiger partial charge in [0.15, 0.2) is 6.80 Å². The van der Waals surface area contributed by atoms with Gasteiger partial charge in [0.25, 0.3) is 10.0 Å². The van der Waals surface area contributed by atoms with Crippen molar-refractivity contribution in [1.82, 2.24) is 14.8 Å². The molecule has 2 aromatic heterocycles. The molecule has 8 nitrogen and oxygen atoms in total. The summed E-state index contributed by atoms with van der Waals surface area (Å²) < 4.78 is 40.6. The lowest BCUT2D eigenvalue weighted by molar-refractivity contribution is 0.353. The molecule has 0 aliphatic heterocycles. The predicted molar refractivity (Wildman–Crippen MR) is 81.6 cm³/mol.